The number of aromatic nitrogens is 2. The van der Waals surface area contributed by atoms with Gasteiger partial charge in [0.1, 0.15) is 10.3 Å². The molecule has 0 aromatic carbocycles. The Bertz CT molecular complexity index is 577. The maximum atomic E-state index is 5.72. The number of rotatable bonds is 4. The molecule has 2 aromatic heterocycles. The maximum absolute atomic E-state index is 5.72. The number of aryl methyl sites for hydroxylation is 1. The fourth-order valence-electron chi connectivity index (χ4n) is 2.43. The van der Waals surface area contributed by atoms with E-state index in [0.29, 0.717) is 5.92 Å². The third-order valence-corrected chi connectivity index (χ3v) is 4.31. The molecule has 3 rings (SSSR count). The zero-order chi connectivity index (χ0) is 12.7. The summed E-state index contributed by atoms with van der Waals surface area (Å²) in [7, 11) is 3.71. The molecule has 0 radical (unpaired) electrons. The van der Waals surface area contributed by atoms with Gasteiger partial charge in [-0.2, -0.15) is 0 Å². The molecule has 1 aliphatic rings. The number of nitrogens with zero attached hydrogens (tertiary/aromatic N) is 2. The minimum atomic E-state index is 0.138. The number of hydrogen-bond acceptors (Lipinski definition) is 5. The van der Waals surface area contributed by atoms with Gasteiger partial charge in [-0.1, -0.05) is 11.3 Å². The molecule has 1 atom stereocenters. The largest absolute Gasteiger partial charge is 0.387 e. The summed E-state index contributed by atoms with van der Waals surface area (Å²) in [5.74, 6) is 0.634. The Morgan fingerprint density at radius 3 is 2.89 bits per heavy atom. The molecule has 2 aromatic rings. The van der Waals surface area contributed by atoms with E-state index in [2.05, 4.69) is 15.3 Å². The monoisotopic (exact) mass is 263 g/mol. The highest BCUT2D eigenvalue weighted by molar-refractivity contribution is 7.18. The summed E-state index contributed by atoms with van der Waals surface area (Å²) in [5, 5.41) is 4.27. The molecule has 0 saturated heterocycles. The lowest BCUT2D eigenvalue weighted by atomic mass is 10.0. The zero-order valence-corrected chi connectivity index (χ0v) is 11.7. The van der Waals surface area contributed by atoms with E-state index >= 15 is 0 Å². The van der Waals surface area contributed by atoms with Gasteiger partial charge in [-0.3, -0.25) is 0 Å². The van der Waals surface area contributed by atoms with Gasteiger partial charge in [-0.05, 0) is 25.7 Å². The summed E-state index contributed by atoms with van der Waals surface area (Å²) in [4.78, 5) is 10.1. The van der Waals surface area contributed by atoms with Crippen LogP contribution in [0.4, 0.5) is 5.69 Å². The van der Waals surface area contributed by atoms with Crippen molar-refractivity contribution < 1.29 is 4.74 Å². The van der Waals surface area contributed by atoms with Crippen molar-refractivity contribution >= 4 is 27.4 Å². The van der Waals surface area contributed by atoms with Crippen molar-refractivity contribution in [3.8, 4) is 0 Å². The van der Waals surface area contributed by atoms with E-state index in [4.69, 9.17) is 4.74 Å². The van der Waals surface area contributed by atoms with Crippen LogP contribution in [0.2, 0.25) is 0 Å². The van der Waals surface area contributed by atoms with Crippen molar-refractivity contribution in [3.05, 3.63) is 16.8 Å². The van der Waals surface area contributed by atoms with Gasteiger partial charge in [0.25, 0.3) is 0 Å². The van der Waals surface area contributed by atoms with E-state index < -0.39 is 0 Å². The number of pyridine rings is 1. The normalized spacial score (nSPS) is 17.1. The Labute approximate surface area is 110 Å². The predicted molar refractivity (Wildman–Crippen MR) is 74.2 cm³/mol. The Hall–Kier alpha value is -1.20. The minimum absolute atomic E-state index is 0.138. The maximum Gasteiger partial charge on any atom is 0.143 e. The van der Waals surface area contributed by atoms with Crippen LogP contribution >= 0.6 is 11.3 Å². The predicted octanol–water partition coefficient (Wildman–Crippen LogP) is 3.14. The SMILES string of the molecule is CNc1cnc2sc(C)nc2c1C(OC)C1CC1. The molecule has 1 unspecified atom stereocenters. The van der Waals surface area contributed by atoms with Gasteiger partial charge in [-0.15, -0.1) is 0 Å². The fourth-order valence-corrected chi connectivity index (χ4v) is 3.21. The van der Waals surface area contributed by atoms with Crippen LogP contribution in [-0.4, -0.2) is 24.1 Å². The van der Waals surface area contributed by atoms with Crippen LogP contribution in [0, 0.1) is 12.8 Å². The van der Waals surface area contributed by atoms with Gasteiger partial charge in [0.15, 0.2) is 0 Å². The molecule has 0 bridgehead atoms. The molecule has 4 nitrogen and oxygen atoms in total. The lowest BCUT2D eigenvalue weighted by molar-refractivity contribution is 0.0861. The molecule has 96 valence electrons. The molecule has 0 spiro atoms. The first-order valence-corrected chi connectivity index (χ1v) is 7.02. The first-order valence-electron chi connectivity index (χ1n) is 6.21. The van der Waals surface area contributed by atoms with Crippen molar-refractivity contribution in [3.63, 3.8) is 0 Å². The van der Waals surface area contributed by atoms with Crippen LogP contribution in [0.25, 0.3) is 10.3 Å². The average Bonchev–Trinajstić information content (AvgIpc) is 3.12. The Morgan fingerprint density at radius 2 is 2.28 bits per heavy atom. The number of thiazole rings is 1. The summed E-state index contributed by atoms with van der Waals surface area (Å²) in [6, 6.07) is 0. The average molecular weight is 263 g/mol. The third-order valence-electron chi connectivity index (χ3n) is 3.43. The van der Waals surface area contributed by atoms with E-state index in [9.17, 15) is 0 Å². The molecule has 1 saturated carbocycles. The van der Waals surface area contributed by atoms with E-state index in [1.807, 2.05) is 20.2 Å². The second-order valence-electron chi connectivity index (χ2n) is 4.72. The summed E-state index contributed by atoms with van der Waals surface area (Å²) in [6.07, 6.45) is 4.52. The number of anilines is 1. The van der Waals surface area contributed by atoms with Gasteiger partial charge in [0.2, 0.25) is 0 Å². The highest BCUT2D eigenvalue weighted by Crippen LogP contribution is 2.47. The van der Waals surface area contributed by atoms with Crippen LogP contribution in [0.1, 0.15) is 29.5 Å². The van der Waals surface area contributed by atoms with Crippen molar-refractivity contribution in [1.82, 2.24) is 9.97 Å². The first kappa shape index (κ1) is 11.9. The van der Waals surface area contributed by atoms with E-state index in [1.54, 1.807) is 18.4 Å². The van der Waals surface area contributed by atoms with Crippen LogP contribution in [-0.2, 0) is 4.74 Å². The summed E-state index contributed by atoms with van der Waals surface area (Å²) >= 11 is 1.64. The van der Waals surface area contributed by atoms with E-state index in [-0.39, 0.29) is 6.10 Å². The van der Waals surface area contributed by atoms with Gasteiger partial charge in [0, 0.05) is 19.7 Å². The summed E-state index contributed by atoms with van der Waals surface area (Å²) in [5.41, 5.74) is 3.21. The topological polar surface area (TPSA) is 47.0 Å². The molecule has 1 aliphatic carbocycles. The molecule has 0 aliphatic heterocycles. The van der Waals surface area contributed by atoms with Crippen molar-refractivity contribution in [1.29, 1.82) is 0 Å². The Balaban J connectivity index is 2.21. The number of nitrogens with one attached hydrogen (secondary N) is 1. The Kier molecular flexibility index (Phi) is 2.95. The van der Waals surface area contributed by atoms with Crippen LogP contribution in [0.3, 0.4) is 0 Å². The van der Waals surface area contributed by atoms with Crippen LogP contribution in [0.5, 0.6) is 0 Å². The molecule has 1 fully saturated rings. The minimum Gasteiger partial charge on any atom is -0.387 e. The molecule has 1 N–H and O–H groups in total. The molecular formula is C13H17N3OS. The van der Waals surface area contributed by atoms with Crippen LogP contribution in [0.15, 0.2) is 6.20 Å². The third kappa shape index (κ3) is 1.87. The Morgan fingerprint density at radius 1 is 1.50 bits per heavy atom. The number of methoxy groups -OCH3 is 1. The summed E-state index contributed by atoms with van der Waals surface area (Å²) in [6.45, 7) is 2.02. The van der Waals surface area contributed by atoms with Crippen molar-refractivity contribution in [2.45, 2.75) is 25.9 Å². The van der Waals surface area contributed by atoms with Crippen molar-refractivity contribution in [2.24, 2.45) is 5.92 Å². The quantitative estimate of drug-likeness (QED) is 0.920. The number of ether oxygens (including phenoxy) is 1. The van der Waals surface area contributed by atoms with E-state index in [1.165, 1.54) is 18.4 Å². The fraction of sp³-hybridized carbons (Fsp3) is 0.538. The molecule has 18 heavy (non-hydrogen) atoms. The van der Waals surface area contributed by atoms with Gasteiger partial charge < -0.3 is 10.1 Å². The highest BCUT2D eigenvalue weighted by atomic mass is 32.1. The van der Waals surface area contributed by atoms with Crippen molar-refractivity contribution in [2.75, 3.05) is 19.5 Å². The molecular weight excluding hydrogens is 246 g/mol. The second-order valence-corrected chi connectivity index (χ2v) is 5.90. The molecule has 2 heterocycles. The van der Waals surface area contributed by atoms with Gasteiger partial charge >= 0.3 is 0 Å². The van der Waals surface area contributed by atoms with Gasteiger partial charge in [0.05, 0.1) is 23.0 Å². The number of hydrogen-bond donors (Lipinski definition) is 1. The smallest absolute Gasteiger partial charge is 0.143 e. The standard InChI is InChI=1S/C13H17N3OS/c1-7-16-11-10(12(17-3)8-4-5-8)9(14-2)6-15-13(11)18-7/h6,8,12,14H,4-5H2,1-3H3. The van der Waals surface area contributed by atoms with E-state index in [0.717, 1.165) is 21.0 Å². The molecule has 0 amide bonds. The van der Waals surface area contributed by atoms with Crippen LogP contribution < -0.4 is 5.32 Å². The second kappa shape index (κ2) is 4.48. The molecule has 5 heteroatoms. The van der Waals surface area contributed by atoms with Gasteiger partial charge in [-0.25, -0.2) is 9.97 Å². The lowest BCUT2D eigenvalue weighted by Gasteiger charge is -2.18. The summed E-state index contributed by atoms with van der Waals surface area (Å²) < 4.78 is 5.72. The lowest BCUT2D eigenvalue weighted by Crippen LogP contribution is -2.08. The number of fused-ring (bicyclic) bond motifs is 1. The highest BCUT2D eigenvalue weighted by Gasteiger charge is 2.35. The first-order chi connectivity index (χ1) is 8.74. The zero-order valence-electron chi connectivity index (χ0n) is 10.9.